The van der Waals surface area contributed by atoms with Crippen LogP contribution in [0.3, 0.4) is 0 Å². The Morgan fingerprint density at radius 1 is 1.32 bits per heavy atom. The number of hydrogen-bond acceptors (Lipinski definition) is 3. The lowest BCUT2D eigenvalue weighted by atomic mass is 9.46. The van der Waals surface area contributed by atoms with Crippen LogP contribution >= 0.6 is 11.6 Å². The lowest BCUT2D eigenvalue weighted by molar-refractivity contribution is -0.138. The smallest absolute Gasteiger partial charge is 0.303 e. The Kier molecular flexibility index (Phi) is 4.63. The van der Waals surface area contributed by atoms with Crippen molar-refractivity contribution in [2.75, 3.05) is 0 Å². The molecule has 0 aromatic heterocycles. The van der Waals surface area contributed by atoms with Gasteiger partial charge < -0.3 is 10.2 Å². The van der Waals surface area contributed by atoms with Crippen LogP contribution in [0.2, 0.25) is 0 Å². The van der Waals surface area contributed by atoms with Gasteiger partial charge in [0.15, 0.2) is 5.78 Å². The summed E-state index contributed by atoms with van der Waals surface area (Å²) in [7, 11) is 0. The summed E-state index contributed by atoms with van der Waals surface area (Å²) in [4.78, 5) is 22.3. The van der Waals surface area contributed by atoms with Crippen molar-refractivity contribution in [3.8, 4) is 0 Å². The van der Waals surface area contributed by atoms with Gasteiger partial charge in [0.05, 0.1) is 11.0 Å². The van der Waals surface area contributed by atoms with E-state index in [0.29, 0.717) is 24.7 Å². The molecule has 0 aliphatic heterocycles. The Morgan fingerprint density at radius 3 is 2.71 bits per heavy atom. The first-order chi connectivity index (χ1) is 13.0. The quantitative estimate of drug-likeness (QED) is 0.683. The summed E-state index contributed by atoms with van der Waals surface area (Å²) in [6.45, 7) is 6.56. The van der Waals surface area contributed by atoms with Crippen LogP contribution in [0.1, 0.15) is 59.3 Å². The molecular formula is C23H31ClO4. The van der Waals surface area contributed by atoms with E-state index in [1.165, 1.54) is 0 Å². The second-order valence-electron chi connectivity index (χ2n) is 10.1. The highest BCUT2D eigenvalue weighted by atomic mass is 35.5. The zero-order valence-corrected chi connectivity index (χ0v) is 17.7. The molecule has 8 atom stereocenters. The van der Waals surface area contributed by atoms with E-state index in [4.69, 9.17) is 11.6 Å². The van der Waals surface area contributed by atoms with Crippen molar-refractivity contribution in [3.63, 3.8) is 0 Å². The largest absolute Gasteiger partial charge is 0.481 e. The number of fused-ring (bicyclic) bond motifs is 5. The van der Waals surface area contributed by atoms with E-state index in [0.717, 1.165) is 24.8 Å². The molecule has 0 heterocycles. The Morgan fingerprint density at radius 2 is 2.04 bits per heavy atom. The lowest BCUT2D eigenvalue weighted by Gasteiger charge is -2.63. The number of aliphatic hydroxyl groups excluding tert-OH is 1. The number of halogens is 1. The summed E-state index contributed by atoms with van der Waals surface area (Å²) < 4.78 is 0. The van der Waals surface area contributed by atoms with Gasteiger partial charge in [0.2, 0.25) is 0 Å². The van der Waals surface area contributed by atoms with Crippen molar-refractivity contribution in [1.29, 1.82) is 0 Å². The van der Waals surface area contributed by atoms with Crippen molar-refractivity contribution in [1.82, 2.24) is 0 Å². The predicted octanol–water partition coefficient (Wildman–Crippen LogP) is 4.35. The molecular weight excluding hydrogens is 376 g/mol. The number of aliphatic carboxylic acids is 1. The number of rotatable bonds is 3. The Balaban J connectivity index is 1.73. The molecule has 0 saturated heterocycles. The van der Waals surface area contributed by atoms with Crippen LogP contribution in [0.25, 0.3) is 0 Å². The van der Waals surface area contributed by atoms with Crippen molar-refractivity contribution in [2.45, 2.75) is 70.3 Å². The van der Waals surface area contributed by atoms with Crippen LogP contribution in [0.5, 0.6) is 0 Å². The normalized spacial score (nSPS) is 49.8. The van der Waals surface area contributed by atoms with Gasteiger partial charge >= 0.3 is 5.97 Å². The second kappa shape index (κ2) is 6.43. The van der Waals surface area contributed by atoms with Gasteiger partial charge in [-0.2, -0.15) is 0 Å². The first kappa shape index (κ1) is 20.2. The molecule has 28 heavy (non-hydrogen) atoms. The van der Waals surface area contributed by atoms with E-state index in [-0.39, 0.29) is 29.5 Å². The monoisotopic (exact) mass is 406 g/mol. The SMILES string of the molecule is CC1CC2C3CCC4=CC(=O)C=CC4(C)C3(Cl)C(O)CC2(C)C1CCC(=O)O. The average Bonchev–Trinajstić information content (AvgIpc) is 2.85. The number of alkyl halides is 1. The highest BCUT2D eigenvalue weighted by molar-refractivity contribution is 6.26. The molecule has 154 valence electrons. The summed E-state index contributed by atoms with van der Waals surface area (Å²) in [5.41, 5.74) is 0.430. The van der Waals surface area contributed by atoms with Gasteiger partial charge in [0.25, 0.3) is 0 Å². The molecule has 2 N–H and O–H groups in total. The molecule has 0 radical (unpaired) electrons. The zero-order valence-electron chi connectivity index (χ0n) is 17.0. The molecule has 0 aromatic rings. The van der Waals surface area contributed by atoms with Crippen LogP contribution in [0, 0.1) is 34.5 Å². The highest BCUT2D eigenvalue weighted by Gasteiger charge is 2.69. The lowest BCUT2D eigenvalue weighted by Crippen LogP contribution is -2.65. The Hall–Kier alpha value is -1.13. The van der Waals surface area contributed by atoms with Gasteiger partial charge in [-0.1, -0.05) is 32.4 Å². The molecule has 0 spiro atoms. The van der Waals surface area contributed by atoms with Crippen molar-refractivity contribution in [2.24, 2.45) is 34.5 Å². The third-order valence-electron chi connectivity index (χ3n) is 8.90. The topological polar surface area (TPSA) is 74.6 Å². The predicted molar refractivity (Wildman–Crippen MR) is 108 cm³/mol. The molecule has 3 fully saturated rings. The minimum Gasteiger partial charge on any atom is -0.481 e. The van der Waals surface area contributed by atoms with Crippen molar-refractivity contribution < 1.29 is 19.8 Å². The molecule has 4 aliphatic carbocycles. The zero-order chi connectivity index (χ0) is 20.5. The van der Waals surface area contributed by atoms with Gasteiger partial charge in [-0.05, 0) is 73.3 Å². The maximum Gasteiger partial charge on any atom is 0.303 e. The molecule has 3 saturated carbocycles. The van der Waals surface area contributed by atoms with Crippen LogP contribution in [-0.2, 0) is 9.59 Å². The first-order valence-corrected chi connectivity index (χ1v) is 10.9. The number of carbonyl (C=O) groups excluding carboxylic acids is 1. The molecule has 0 amide bonds. The summed E-state index contributed by atoms with van der Waals surface area (Å²) in [5.74, 6) is 0.488. The van der Waals surface area contributed by atoms with Gasteiger partial charge in [0, 0.05) is 11.8 Å². The minimum atomic E-state index is -0.820. The number of hydrogen-bond donors (Lipinski definition) is 2. The number of aliphatic hydroxyl groups is 1. The highest BCUT2D eigenvalue weighted by Crippen LogP contribution is 2.70. The number of carbonyl (C=O) groups is 2. The molecule has 0 aromatic carbocycles. The molecule has 8 unspecified atom stereocenters. The van der Waals surface area contributed by atoms with Gasteiger partial charge in [-0.25, -0.2) is 0 Å². The number of allylic oxidation sites excluding steroid dienone is 4. The summed E-state index contributed by atoms with van der Waals surface area (Å²) >= 11 is 7.39. The van der Waals surface area contributed by atoms with Crippen LogP contribution < -0.4 is 0 Å². The third-order valence-corrected chi connectivity index (χ3v) is 9.83. The van der Waals surface area contributed by atoms with E-state index in [1.54, 1.807) is 12.2 Å². The van der Waals surface area contributed by atoms with E-state index in [9.17, 15) is 19.8 Å². The fraction of sp³-hybridized carbons (Fsp3) is 0.739. The Bertz CT molecular complexity index is 773. The second-order valence-corrected chi connectivity index (χ2v) is 10.7. The molecule has 4 aliphatic rings. The van der Waals surface area contributed by atoms with Crippen molar-refractivity contribution in [3.05, 3.63) is 23.8 Å². The fourth-order valence-electron chi connectivity index (χ4n) is 7.57. The average molecular weight is 407 g/mol. The molecule has 4 nitrogen and oxygen atoms in total. The summed E-state index contributed by atoms with van der Waals surface area (Å²) in [6, 6.07) is 0. The standard InChI is InChI=1S/C23H31ClO4/c1-13-10-18-17-5-4-14-11-15(25)8-9-22(14,3)23(17,24)19(26)12-21(18,2)16(13)6-7-20(27)28/h8-9,11,13,16-19,26H,4-7,10,12H2,1-3H3,(H,27,28). The molecule has 0 bridgehead atoms. The van der Waals surface area contributed by atoms with Gasteiger partial charge in [-0.3, -0.25) is 9.59 Å². The number of carboxylic acid groups (broad SMARTS) is 1. The van der Waals surface area contributed by atoms with Crippen LogP contribution in [0.15, 0.2) is 23.8 Å². The van der Waals surface area contributed by atoms with Crippen LogP contribution in [-0.4, -0.2) is 32.9 Å². The third kappa shape index (κ3) is 2.53. The molecule has 5 heteroatoms. The van der Waals surface area contributed by atoms with E-state index >= 15 is 0 Å². The van der Waals surface area contributed by atoms with E-state index < -0.39 is 22.4 Å². The summed E-state index contributed by atoms with van der Waals surface area (Å²) in [6.07, 6.45) is 8.73. The Labute approximate surface area is 172 Å². The number of ketones is 1. The molecule has 4 rings (SSSR count). The summed E-state index contributed by atoms with van der Waals surface area (Å²) in [5, 5.41) is 20.6. The van der Waals surface area contributed by atoms with Gasteiger partial charge in [0.1, 0.15) is 0 Å². The number of carboxylic acids is 1. The van der Waals surface area contributed by atoms with E-state index in [1.807, 2.05) is 6.08 Å². The minimum absolute atomic E-state index is 0.00422. The van der Waals surface area contributed by atoms with E-state index in [2.05, 4.69) is 20.8 Å². The van der Waals surface area contributed by atoms with Crippen molar-refractivity contribution >= 4 is 23.4 Å². The van der Waals surface area contributed by atoms with Gasteiger partial charge in [-0.15, -0.1) is 11.6 Å². The maximum atomic E-state index is 11.9. The maximum absolute atomic E-state index is 11.9. The fourth-order valence-corrected chi connectivity index (χ4v) is 8.09. The van der Waals surface area contributed by atoms with Crippen LogP contribution in [0.4, 0.5) is 0 Å². The first-order valence-electron chi connectivity index (χ1n) is 10.6.